The molecule has 1 unspecified atom stereocenters. The Morgan fingerprint density at radius 3 is 2.48 bits per heavy atom. The number of benzene rings is 1. The lowest BCUT2D eigenvalue weighted by atomic mass is 10.1. The summed E-state index contributed by atoms with van der Waals surface area (Å²) in [7, 11) is 1.66. The molecule has 0 aliphatic heterocycles. The molecule has 0 fully saturated rings. The van der Waals surface area contributed by atoms with E-state index < -0.39 is 0 Å². The molecule has 1 aromatic heterocycles. The van der Waals surface area contributed by atoms with E-state index in [-0.39, 0.29) is 11.2 Å². The van der Waals surface area contributed by atoms with E-state index in [9.17, 15) is 4.79 Å². The predicted octanol–water partition coefficient (Wildman–Crippen LogP) is 4.00. The van der Waals surface area contributed by atoms with Gasteiger partial charge in [0.1, 0.15) is 5.75 Å². The van der Waals surface area contributed by atoms with E-state index in [4.69, 9.17) is 4.74 Å². The molecule has 0 aliphatic rings. The van der Waals surface area contributed by atoms with Gasteiger partial charge in [-0.2, -0.15) is 0 Å². The fourth-order valence-corrected chi connectivity index (χ4v) is 3.81. The molecule has 0 saturated heterocycles. The lowest BCUT2D eigenvalue weighted by Crippen LogP contribution is -2.32. The van der Waals surface area contributed by atoms with Crippen LogP contribution in [0.2, 0.25) is 0 Å². The van der Waals surface area contributed by atoms with Crippen LogP contribution in [0.4, 0.5) is 0 Å². The summed E-state index contributed by atoms with van der Waals surface area (Å²) < 4.78 is 7.39. The van der Waals surface area contributed by atoms with Gasteiger partial charge in [-0.25, -0.2) is 4.98 Å². The first-order valence-electron chi connectivity index (χ1n) is 9.42. The van der Waals surface area contributed by atoms with Gasteiger partial charge in [0.15, 0.2) is 5.16 Å². The van der Waals surface area contributed by atoms with Crippen molar-refractivity contribution in [3.63, 3.8) is 0 Å². The van der Waals surface area contributed by atoms with Crippen molar-refractivity contribution < 1.29 is 9.53 Å². The number of carbonyl (C=O) groups excluding carboxylic acids is 1. The van der Waals surface area contributed by atoms with Crippen LogP contribution in [-0.4, -0.2) is 34.4 Å². The molecule has 6 heteroatoms. The lowest BCUT2D eigenvalue weighted by molar-refractivity contribution is -0.120. The zero-order valence-electron chi connectivity index (χ0n) is 17.2. The van der Waals surface area contributed by atoms with E-state index in [2.05, 4.69) is 35.6 Å². The van der Waals surface area contributed by atoms with Crippen LogP contribution in [0.5, 0.6) is 5.75 Å². The average molecular weight is 390 g/mol. The molecule has 0 saturated carbocycles. The number of nitrogens with one attached hydrogen (secondary N) is 1. The first kappa shape index (κ1) is 21.4. The van der Waals surface area contributed by atoms with Crippen molar-refractivity contribution in [3.05, 3.63) is 41.2 Å². The van der Waals surface area contributed by atoms with Crippen LogP contribution in [0.25, 0.3) is 0 Å². The third kappa shape index (κ3) is 6.03. The Morgan fingerprint density at radius 2 is 1.89 bits per heavy atom. The van der Waals surface area contributed by atoms with Crippen LogP contribution in [-0.2, 0) is 17.8 Å². The number of hydrogen-bond acceptors (Lipinski definition) is 4. The molecule has 0 aliphatic carbocycles. The highest BCUT2D eigenvalue weighted by Gasteiger charge is 2.19. The molecule has 5 nitrogen and oxygen atoms in total. The van der Waals surface area contributed by atoms with E-state index in [1.807, 2.05) is 38.1 Å². The molecule has 1 aromatic carbocycles. The van der Waals surface area contributed by atoms with Gasteiger partial charge in [-0.05, 0) is 50.8 Å². The number of rotatable bonds is 9. The van der Waals surface area contributed by atoms with Crippen LogP contribution in [0, 0.1) is 19.8 Å². The summed E-state index contributed by atoms with van der Waals surface area (Å²) in [6.07, 6.45) is 0.799. The molecule has 0 bridgehead atoms. The quantitative estimate of drug-likeness (QED) is 0.659. The Hall–Kier alpha value is -1.95. The maximum atomic E-state index is 12.5. The summed E-state index contributed by atoms with van der Waals surface area (Å²) in [6, 6.07) is 7.93. The number of aryl methyl sites for hydroxylation is 1. The van der Waals surface area contributed by atoms with E-state index in [0.717, 1.165) is 29.6 Å². The number of hydrogen-bond donors (Lipinski definition) is 1. The van der Waals surface area contributed by atoms with Crippen molar-refractivity contribution in [1.29, 1.82) is 0 Å². The number of aromatic nitrogens is 2. The van der Waals surface area contributed by atoms with Gasteiger partial charge in [0, 0.05) is 18.8 Å². The van der Waals surface area contributed by atoms with Crippen LogP contribution >= 0.6 is 11.8 Å². The minimum absolute atomic E-state index is 0.0444. The van der Waals surface area contributed by atoms with Crippen LogP contribution in [0.3, 0.4) is 0 Å². The molecular weight excluding hydrogens is 358 g/mol. The van der Waals surface area contributed by atoms with Gasteiger partial charge in [-0.15, -0.1) is 0 Å². The van der Waals surface area contributed by atoms with E-state index >= 15 is 0 Å². The van der Waals surface area contributed by atoms with Crippen LogP contribution in [0.15, 0.2) is 29.4 Å². The third-order valence-electron chi connectivity index (χ3n) is 4.49. The molecule has 1 atom stereocenters. The van der Waals surface area contributed by atoms with Gasteiger partial charge in [0.2, 0.25) is 5.91 Å². The predicted molar refractivity (Wildman–Crippen MR) is 112 cm³/mol. The average Bonchev–Trinajstić information content (AvgIpc) is 2.89. The zero-order valence-corrected chi connectivity index (χ0v) is 18.0. The number of carbonyl (C=O) groups is 1. The van der Waals surface area contributed by atoms with Gasteiger partial charge in [0.25, 0.3) is 0 Å². The molecular formula is C21H31N3O2S. The van der Waals surface area contributed by atoms with E-state index in [1.54, 1.807) is 7.11 Å². The molecule has 0 radical (unpaired) electrons. The standard InChI is InChI=1S/C21H31N3O2S/c1-14(2)13-24-16(4)15(3)23-21(24)27-17(5)20(25)22-12-11-18-7-9-19(26-6)10-8-18/h7-10,14,17H,11-13H2,1-6H3,(H,22,25). The first-order valence-corrected chi connectivity index (χ1v) is 10.3. The summed E-state index contributed by atoms with van der Waals surface area (Å²) in [5.41, 5.74) is 3.39. The van der Waals surface area contributed by atoms with Crippen molar-refractivity contribution in [2.24, 2.45) is 5.92 Å². The summed E-state index contributed by atoms with van der Waals surface area (Å²) in [5.74, 6) is 1.42. The van der Waals surface area contributed by atoms with E-state index in [1.165, 1.54) is 23.0 Å². The van der Waals surface area contributed by atoms with Crippen molar-refractivity contribution in [1.82, 2.24) is 14.9 Å². The van der Waals surface area contributed by atoms with Crippen molar-refractivity contribution in [3.8, 4) is 5.75 Å². The molecule has 2 aromatic rings. The molecule has 1 N–H and O–H groups in total. The summed E-state index contributed by atoms with van der Waals surface area (Å²) in [5, 5.41) is 3.77. The highest BCUT2D eigenvalue weighted by Crippen LogP contribution is 2.26. The van der Waals surface area contributed by atoms with Gasteiger partial charge >= 0.3 is 0 Å². The second-order valence-electron chi connectivity index (χ2n) is 7.22. The monoisotopic (exact) mass is 389 g/mol. The fourth-order valence-electron chi connectivity index (χ4n) is 2.77. The first-order chi connectivity index (χ1) is 12.8. The Bertz CT molecular complexity index is 754. The number of ether oxygens (including phenoxy) is 1. The molecule has 148 valence electrons. The third-order valence-corrected chi connectivity index (χ3v) is 5.58. The second-order valence-corrected chi connectivity index (χ2v) is 8.53. The molecule has 2 rings (SSSR count). The van der Waals surface area contributed by atoms with Gasteiger partial charge < -0.3 is 14.6 Å². The van der Waals surface area contributed by atoms with Gasteiger partial charge in [-0.3, -0.25) is 4.79 Å². The largest absolute Gasteiger partial charge is 0.497 e. The smallest absolute Gasteiger partial charge is 0.233 e. The molecule has 1 amide bonds. The summed E-state index contributed by atoms with van der Waals surface area (Å²) in [6.45, 7) is 12.0. The van der Waals surface area contributed by atoms with Crippen molar-refractivity contribution in [2.45, 2.75) is 58.0 Å². The Balaban J connectivity index is 1.89. The maximum absolute atomic E-state index is 12.5. The van der Waals surface area contributed by atoms with Gasteiger partial charge in [-0.1, -0.05) is 37.7 Å². The zero-order chi connectivity index (χ0) is 20.0. The normalized spacial score (nSPS) is 12.3. The number of methoxy groups -OCH3 is 1. The van der Waals surface area contributed by atoms with Crippen LogP contribution < -0.4 is 10.1 Å². The van der Waals surface area contributed by atoms with Gasteiger partial charge in [0.05, 0.1) is 18.1 Å². The SMILES string of the molecule is COc1ccc(CCNC(=O)C(C)Sc2nc(C)c(C)n2CC(C)C)cc1. The fraction of sp³-hybridized carbons (Fsp3) is 0.524. The summed E-state index contributed by atoms with van der Waals surface area (Å²) >= 11 is 1.53. The maximum Gasteiger partial charge on any atom is 0.233 e. The van der Waals surface area contributed by atoms with Crippen molar-refractivity contribution >= 4 is 17.7 Å². The summed E-state index contributed by atoms with van der Waals surface area (Å²) in [4.78, 5) is 17.1. The molecule has 27 heavy (non-hydrogen) atoms. The molecule has 0 spiro atoms. The lowest BCUT2D eigenvalue weighted by Gasteiger charge is -2.15. The highest BCUT2D eigenvalue weighted by molar-refractivity contribution is 8.00. The van der Waals surface area contributed by atoms with Crippen molar-refractivity contribution in [2.75, 3.05) is 13.7 Å². The second kappa shape index (κ2) is 9.83. The number of imidazole rings is 1. The minimum atomic E-state index is -0.187. The number of nitrogens with zero attached hydrogens (tertiary/aromatic N) is 2. The molecule has 1 heterocycles. The van der Waals surface area contributed by atoms with E-state index in [0.29, 0.717) is 12.5 Å². The number of thioether (sulfide) groups is 1. The highest BCUT2D eigenvalue weighted by atomic mass is 32.2. The Labute approximate surface area is 166 Å². The Kier molecular flexibility index (Phi) is 7.78. The topological polar surface area (TPSA) is 56.1 Å². The number of amides is 1. The minimum Gasteiger partial charge on any atom is -0.497 e. The Morgan fingerprint density at radius 1 is 1.22 bits per heavy atom. The van der Waals surface area contributed by atoms with Crippen LogP contribution in [0.1, 0.15) is 37.7 Å².